The van der Waals surface area contributed by atoms with Gasteiger partial charge in [0.1, 0.15) is 5.82 Å². The first-order chi connectivity index (χ1) is 11.5. The van der Waals surface area contributed by atoms with Crippen LogP contribution in [0.15, 0.2) is 18.2 Å². The van der Waals surface area contributed by atoms with Crippen LogP contribution in [0.5, 0.6) is 0 Å². The molecule has 0 aromatic heterocycles. The Morgan fingerprint density at radius 2 is 1.88 bits per heavy atom. The standard InChI is InChI=1S/C17H23BFNO5/c1-16(2)17(3,4)25-18(24-16)12-6-5-10(7-13(12)19)14-8-11(21)9-20(14)15(22)23/h5-7,11,14,21H,8-9H2,1-4H3,(H,22,23)/t11-,14-/m1/s1. The third-order valence-corrected chi connectivity index (χ3v) is 5.44. The minimum Gasteiger partial charge on any atom is -0.465 e. The summed E-state index contributed by atoms with van der Waals surface area (Å²) in [4.78, 5) is 12.4. The van der Waals surface area contributed by atoms with E-state index in [1.807, 2.05) is 27.7 Å². The lowest BCUT2D eigenvalue weighted by Gasteiger charge is -2.32. The molecule has 1 amide bonds. The molecule has 2 aliphatic rings. The van der Waals surface area contributed by atoms with Crippen molar-refractivity contribution in [1.29, 1.82) is 0 Å². The highest BCUT2D eigenvalue weighted by molar-refractivity contribution is 6.62. The number of hydrogen-bond acceptors (Lipinski definition) is 4. The second-order valence-corrected chi connectivity index (χ2v) is 7.71. The van der Waals surface area contributed by atoms with Crippen molar-refractivity contribution in [2.24, 2.45) is 0 Å². The van der Waals surface area contributed by atoms with Crippen molar-refractivity contribution in [2.45, 2.75) is 57.5 Å². The van der Waals surface area contributed by atoms with E-state index in [-0.39, 0.29) is 18.4 Å². The number of aliphatic hydroxyl groups excluding tert-OH is 1. The zero-order valence-electron chi connectivity index (χ0n) is 14.8. The van der Waals surface area contributed by atoms with Crippen LogP contribution in [0.25, 0.3) is 0 Å². The molecule has 1 aromatic carbocycles. The van der Waals surface area contributed by atoms with E-state index in [1.54, 1.807) is 12.1 Å². The number of aliphatic hydroxyl groups is 1. The zero-order valence-corrected chi connectivity index (χ0v) is 14.8. The van der Waals surface area contributed by atoms with Crippen molar-refractivity contribution in [3.05, 3.63) is 29.6 Å². The molecule has 2 fully saturated rings. The van der Waals surface area contributed by atoms with Gasteiger partial charge in [-0.2, -0.15) is 0 Å². The normalized spacial score (nSPS) is 27.8. The summed E-state index contributed by atoms with van der Waals surface area (Å²) in [5.41, 5.74) is -0.351. The molecule has 1 aromatic rings. The summed E-state index contributed by atoms with van der Waals surface area (Å²) in [5.74, 6) is -0.511. The van der Waals surface area contributed by atoms with Crippen LogP contribution in [-0.2, 0) is 9.31 Å². The number of likely N-dealkylation sites (tertiary alicyclic amines) is 1. The summed E-state index contributed by atoms with van der Waals surface area (Å²) in [6, 6.07) is 3.98. The molecule has 2 aliphatic heterocycles. The number of benzene rings is 1. The van der Waals surface area contributed by atoms with E-state index in [0.717, 1.165) is 4.90 Å². The number of halogens is 1. The van der Waals surface area contributed by atoms with E-state index in [1.165, 1.54) is 6.07 Å². The number of carboxylic acid groups (broad SMARTS) is 1. The van der Waals surface area contributed by atoms with Crippen molar-refractivity contribution >= 4 is 18.7 Å². The van der Waals surface area contributed by atoms with Crippen LogP contribution in [-0.4, -0.2) is 52.2 Å². The van der Waals surface area contributed by atoms with Gasteiger partial charge in [0.2, 0.25) is 0 Å². The van der Waals surface area contributed by atoms with Crippen molar-refractivity contribution in [1.82, 2.24) is 4.90 Å². The van der Waals surface area contributed by atoms with Crippen molar-refractivity contribution in [3.63, 3.8) is 0 Å². The summed E-state index contributed by atoms with van der Waals surface area (Å²) in [6.45, 7) is 7.60. The van der Waals surface area contributed by atoms with Crippen LogP contribution in [0.1, 0.15) is 45.7 Å². The number of carbonyl (C=O) groups is 1. The average Bonchev–Trinajstić information content (AvgIpc) is 2.96. The van der Waals surface area contributed by atoms with Crippen molar-refractivity contribution < 1.29 is 28.7 Å². The smallest absolute Gasteiger partial charge is 0.465 e. The molecule has 0 spiro atoms. The van der Waals surface area contributed by atoms with Gasteiger partial charge in [0, 0.05) is 5.46 Å². The Hall–Kier alpha value is -1.64. The summed E-state index contributed by atoms with van der Waals surface area (Å²) in [5, 5.41) is 19.0. The molecule has 0 bridgehead atoms. The van der Waals surface area contributed by atoms with Gasteiger partial charge < -0.3 is 19.5 Å². The van der Waals surface area contributed by atoms with Crippen molar-refractivity contribution in [3.8, 4) is 0 Å². The van der Waals surface area contributed by atoms with E-state index in [9.17, 15) is 19.4 Å². The van der Waals surface area contributed by atoms with Gasteiger partial charge in [-0.3, -0.25) is 4.90 Å². The lowest BCUT2D eigenvalue weighted by atomic mass is 9.78. The maximum absolute atomic E-state index is 14.7. The Morgan fingerprint density at radius 3 is 2.40 bits per heavy atom. The zero-order chi connectivity index (χ0) is 18.6. The third-order valence-electron chi connectivity index (χ3n) is 5.44. The number of β-amino-alcohol motifs (C(OH)–C–C–N with tert-alkyl or cyclic N) is 1. The van der Waals surface area contributed by atoms with Crippen LogP contribution < -0.4 is 5.46 Å². The summed E-state index contributed by atoms with van der Waals surface area (Å²) >= 11 is 0. The summed E-state index contributed by atoms with van der Waals surface area (Å²) in [7, 11) is -0.816. The fraction of sp³-hybridized carbons (Fsp3) is 0.588. The fourth-order valence-corrected chi connectivity index (χ4v) is 3.25. The van der Waals surface area contributed by atoms with Gasteiger partial charge >= 0.3 is 13.2 Å². The Bertz CT molecular complexity index is 680. The molecule has 3 rings (SSSR count). The Kier molecular flexibility index (Phi) is 4.34. The molecule has 2 atom stereocenters. The van der Waals surface area contributed by atoms with Gasteiger partial charge in [0.15, 0.2) is 0 Å². The SMILES string of the molecule is CC1(C)OB(c2ccc([C@H]3C[C@@H](O)CN3C(=O)O)cc2F)OC1(C)C. The summed E-state index contributed by atoms with van der Waals surface area (Å²) < 4.78 is 26.4. The quantitative estimate of drug-likeness (QED) is 0.796. The number of amides is 1. The topological polar surface area (TPSA) is 79.2 Å². The van der Waals surface area contributed by atoms with Crippen LogP contribution in [0.4, 0.5) is 9.18 Å². The Morgan fingerprint density at radius 1 is 1.28 bits per heavy atom. The predicted molar refractivity (Wildman–Crippen MR) is 90.2 cm³/mol. The maximum atomic E-state index is 14.7. The number of hydrogen-bond donors (Lipinski definition) is 2. The second kappa shape index (κ2) is 5.97. The lowest BCUT2D eigenvalue weighted by molar-refractivity contribution is 0.00578. The molecule has 8 heteroatoms. The first-order valence-corrected chi connectivity index (χ1v) is 8.34. The van der Waals surface area contributed by atoms with E-state index >= 15 is 0 Å². The molecular formula is C17H23BFNO5. The highest BCUT2D eigenvalue weighted by Gasteiger charge is 2.52. The van der Waals surface area contributed by atoms with E-state index < -0.39 is 42.4 Å². The van der Waals surface area contributed by atoms with Gasteiger partial charge in [0.25, 0.3) is 0 Å². The maximum Gasteiger partial charge on any atom is 0.497 e. The molecule has 136 valence electrons. The summed E-state index contributed by atoms with van der Waals surface area (Å²) in [6.07, 6.45) is -1.62. The predicted octanol–water partition coefficient (Wildman–Crippen LogP) is 1.91. The Balaban J connectivity index is 1.86. The molecule has 2 N–H and O–H groups in total. The largest absolute Gasteiger partial charge is 0.497 e. The van der Waals surface area contributed by atoms with Gasteiger partial charge in [0.05, 0.1) is 29.9 Å². The first kappa shape index (κ1) is 18.2. The molecule has 0 radical (unpaired) electrons. The first-order valence-electron chi connectivity index (χ1n) is 8.34. The molecule has 0 aliphatic carbocycles. The molecule has 0 unspecified atom stereocenters. The van der Waals surface area contributed by atoms with E-state index in [4.69, 9.17) is 9.31 Å². The molecule has 2 heterocycles. The third kappa shape index (κ3) is 3.14. The van der Waals surface area contributed by atoms with Crippen LogP contribution in [0.3, 0.4) is 0 Å². The van der Waals surface area contributed by atoms with Crippen LogP contribution >= 0.6 is 0 Å². The highest BCUT2D eigenvalue weighted by atomic mass is 19.1. The molecule has 2 saturated heterocycles. The molecule has 0 saturated carbocycles. The molecular weight excluding hydrogens is 328 g/mol. The molecule has 25 heavy (non-hydrogen) atoms. The average molecular weight is 351 g/mol. The van der Waals surface area contributed by atoms with Crippen molar-refractivity contribution in [2.75, 3.05) is 6.54 Å². The van der Waals surface area contributed by atoms with Gasteiger partial charge in [-0.15, -0.1) is 0 Å². The van der Waals surface area contributed by atoms with Crippen LogP contribution in [0.2, 0.25) is 0 Å². The van der Waals surface area contributed by atoms with Gasteiger partial charge in [-0.25, -0.2) is 9.18 Å². The monoisotopic (exact) mass is 351 g/mol. The van der Waals surface area contributed by atoms with E-state index in [0.29, 0.717) is 5.56 Å². The minimum atomic E-state index is -1.13. The Labute approximate surface area is 146 Å². The minimum absolute atomic E-state index is 0.0284. The fourth-order valence-electron chi connectivity index (χ4n) is 3.25. The highest BCUT2D eigenvalue weighted by Crippen LogP contribution is 2.37. The lowest BCUT2D eigenvalue weighted by Crippen LogP contribution is -2.41. The number of rotatable bonds is 2. The van der Waals surface area contributed by atoms with E-state index in [2.05, 4.69) is 0 Å². The number of nitrogens with zero attached hydrogens (tertiary/aromatic N) is 1. The van der Waals surface area contributed by atoms with Gasteiger partial charge in [-0.1, -0.05) is 12.1 Å². The second-order valence-electron chi connectivity index (χ2n) is 7.71. The van der Waals surface area contributed by atoms with Crippen LogP contribution in [0, 0.1) is 5.82 Å². The van der Waals surface area contributed by atoms with Gasteiger partial charge in [-0.05, 0) is 45.7 Å². The molecule has 6 nitrogen and oxygen atoms in total.